The standard InChI is InChI=1S/C18H29N3O5S.ClH/c1-18(2,19)13-20-17(22)6-4-3-5-9-21-27(23,24)14-7-8-15-16(12-14)26-11-10-25-15;/h7-8,12,21H,3-6,9-11,13,19H2,1-2H3,(H,20,22);1H. The highest BCUT2D eigenvalue weighted by molar-refractivity contribution is 7.89. The lowest BCUT2D eigenvalue weighted by Gasteiger charge is -2.19. The summed E-state index contributed by atoms with van der Waals surface area (Å²) in [5.41, 5.74) is 5.38. The average molecular weight is 436 g/mol. The molecule has 0 saturated heterocycles. The van der Waals surface area contributed by atoms with Crippen LogP contribution in [0.4, 0.5) is 0 Å². The molecule has 0 aromatic heterocycles. The number of nitrogens with two attached hydrogens (primary N) is 1. The number of benzene rings is 1. The maximum Gasteiger partial charge on any atom is 0.240 e. The number of nitrogens with one attached hydrogen (secondary N) is 2. The molecule has 28 heavy (non-hydrogen) atoms. The van der Waals surface area contributed by atoms with E-state index in [0.717, 1.165) is 6.42 Å². The van der Waals surface area contributed by atoms with Crippen molar-refractivity contribution in [3.05, 3.63) is 18.2 Å². The molecule has 0 atom stereocenters. The Balaban J connectivity index is 0.00000392. The molecule has 0 radical (unpaired) electrons. The fourth-order valence-corrected chi connectivity index (χ4v) is 3.57. The van der Waals surface area contributed by atoms with Gasteiger partial charge in [-0.3, -0.25) is 4.79 Å². The molecule has 8 nitrogen and oxygen atoms in total. The number of unbranched alkanes of at least 4 members (excludes halogenated alkanes) is 2. The maximum atomic E-state index is 12.4. The predicted molar refractivity (Wildman–Crippen MR) is 110 cm³/mol. The van der Waals surface area contributed by atoms with Gasteiger partial charge in [-0.2, -0.15) is 0 Å². The van der Waals surface area contributed by atoms with Crippen molar-refractivity contribution in [2.75, 3.05) is 26.3 Å². The normalized spacial score (nSPS) is 13.5. The number of rotatable bonds is 10. The summed E-state index contributed by atoms with van der Waals surface area (Å²) < 4.78 is 38.1. The highest BCUT2D eigenvalue weighted by Crippen LogP contribution is 2.32. The predicted octanol–water partition coefficient (Wildman–Crippen LogP) is 1.57. The third-order valence-electron chi connectivity index (χ3n) is 3.94. The quantitative estimate of drug-likeness (QED) is 0.480. The van der Waals surface area contributed by atoms with Crippen molar-refractivity contribution in [2.45, 2.75) is 50.0 Å². The van der Waals surface area contributed by atoms with Crippen LogP contribution >= 0.6 is 12.4 Å². The monoisotopic (exact) mass is 435 g/mol. The Hall–Kier alpha value is -1.55. The first-order valence-corrected chi connectivity index (χ1v) is 10.6. The van der Waals surface area contributed by atoms with Crippen LogP contribution in [0.3, 0.4) is 0 Å². The van der Waals surface area contributed by atoms with E-state index >= 15 is 0 Å². The molecule has 1 heterocycles. The number of carbonyl (C=O) groups excluding carboxylic acids is 1. The zero-order chi connectivity index (χ0) is 19.9. The Bertz CT molecular complexity index is 750. The molecule has 4 N–H and O–H groups in total. The number of fused-ring (bicyclic) bond motifs is 1. The van der Waals surface area contributed by atoms with Crippen molar-refractivity contribution < 1.29 is 22.7 Å². The van der Waals surface area contributed by atoms with E-state index in [1.807, 2.05) is 13.8 Å². The van der Waals surface area contributed by atoms with Crippen molar-refractivity contribution >= 4 is 28.3 Å². The summed E-state index contributed by atoms with van der Waals surface area (Å²) in [4.78, 5) is 11.8. The van der Waals surface area contributed by atoms with E-state index in [1.165, 1.54) is 12.1 Å². The van der Waals surface area contributed by atoms with E-state index in [0.29, 0.717) is 57.1 Å². The molecule has 1 aromatic rings. The smallest absolute Gasteiger partial charge is 0.240 e. The molecule has 0 aliphatic carbocycles. The van der Waals surface area contributed by atoms with E-state index in [2.05, 4.69) is 10.0 Å². The first-order valence-electron chi connectivity index (χ1n) is 9.12. The second-order valence-corrected chi connectivity index (χ2v) is 9.05. The number of sulfonamides is 1. The van der Waals surface area contributed by atoms with Gasteiger partial charge in [0.2, 0.25) is 15.9 Å². The molecule has 1 aliphatic rings. The first kappa shape index (κ1) is 24.5. The molecule has 1 amide bonds. The lowest BCUT2D eigenvalue weighted by molar-refractivity contribution is -0.121. The third kappa shape index (κ3) is 8.22. The molecule has 1 aliphatic heterocycles. The van der Waals surface area contributed by atoms with Gasteiger partial charge < -0.3 is 20.5 Å². The Morgan fingerprint density at radius 3 is 2.50 bits per heavy atom. The second-order valence-electron chi connectivity index (χ2n) is 7.28. The van der Waals surface area contributed by atoms with Gasteiger partial charge in [0.05, 0.1) is 4.90 Å². The molecule has 0 saturated carbocycles. The van der Waals surface area contributed by atoms with E-state index in [-0.39, 0.29) is 23.2 Å². The number of halogens is 1. The van der Waals surface area contributed by atoms with Crippen molar-refractivity contribution in [3.63, 3.8) is 0 Å². The summed E-state index contributed by atoms with van der Waals surface area (Å²) >= 11 is 0. The van der Waals surface area contributed by atoms with Crippen LogP contribution in [-0.2, 0) is 14.8 Å². The zero-order valence-corrected chi connectivity index (χ0v) is 18.0. The Labute approximate surface area is 173 Å². The minimum Gasteiger partial charge on any atom is -0.486 e. The largest absolute Gasteiger partial charge is 0.486 e. The highest BCUT2D eigenvalue weighted by atomic mass is 35.5. The van der Waals surface area contributed by atoms with Gasteiger partial charge in [-0.05, 0) is 38.8 Å². The van der Waals surface area contributed by atoms with Crippen LogP contribution < -0.4 is 25.2 Å². The van der Waals surface area contributed by atoms with Gasteiger partial charge >= 0.3 is 0 Å². The molecule has 2 rings (SSSR count). The molecule has 160 valence electrons. The molecule has 1 aromatic carbocycles. The van der Waals surface area contributed by atoms with Crippen molar-refractivity contribution in [1.29, 1.82) is 0 Å². The Morgan fingerprint density at radius 2 is 1.82 bits per heavy atom. The van der Waals surface area contributed by atoms with Crippen LogP contribution in [0, 0.1) is 0 Å². The first-order chi connectivity index (χ1) is 12.7. The van der Waals surface area contributed by atoms with Crippen LogP contribution in [0.15, 0.2) is 23.1 Å². The average Bonchev–Trinajstić information content (AvgIpc) is 2.62. The number of amides is 1. The van der Waals surface area contributed by atoms with Crippen LogP contribution in [0.1, 0.15) is 39.5 Å². The molecule has 0 fully saturated rings. The van der Waals surface area contributed by atoms with Gasteiger partial charge in [-0.1, -0.05) is 6.42 Å². The highest BCUT2D eigenvalue weighted by Gasteiger charge is 2.19. The Morgan fingerprint density at radius 1 is 1.14 bits per heavy atom. The van der Waals surface area contributed by atoms with Crippen LogP contribution in [0.25, 0.3) is 0 Å². The SMILES string of the molecule is CC(C)(N)CNC(=O)CCCCCNS(=O)(=O)c1ccc2c(c1)OCCO2.Cl. The third-order valence-corrected chi connectivity index (χ3v) is 5.40. The number of hydrogen-bond acceptors (Lipinski definition) is 6. The van der Waals surface area contributed by atoms with Crippen molar-refractivity contribution in [2.24, 2.45) is 5.73 Å². The molecule has 0 bridgehead atoms. The van der Waals surface area contributed by atoms with E-state index in [9.17, 15) is 13.2 Å². The van der Waals surface area contributed by atoms with Gasteiger partial charge in [-0.25, -0.2) is 13.1 Å². The number of carbonyl (C=O) groups is 1. The lowest BCUT2D eigenvalue weighted by Crippen LogP contribution is -2.45. The molecule has 0 spiro atoms. The second kappa shape index (κ2) is 10.8. The fraction of sp³-hybridized carbons (Fsp3) is 0.611. The van der Waals surface area contributed by atoms with Crippen molar-refractivity contribution in [3.8, 4) is 11.5 Å². The number of hydrogen-bond donors (Lipinski definition) is 3. The molecular weight excluding hydrogens is 406 g/mol. The Kier molecular flexibility index (Phi) is 9.49. The topological polar surface area (TPSA) is 120 Å². The van der Waals surface area contributed by atoms with Crippen LogP contribution in [0.5, 0.6) is 11.5 Å². The summed E-state index contributed by atoms with van der Waals surface area (Å²) in [6.45, 7) is 5.30. The van der Waals surface area contributed by atoms with Crippen molar-refractivity contribution in [1.82, 2.24) is 10.0 Å². The fourth-order valence-electron chi connectivity index (χ4n) is 2.48. The molecule has 0 unspecified atom stereocenters. The van der Waals surface area contributed by atoms with E-state index < -0.39 is 15.6 Å². The van der Waals surface area contributed by atoms with E-state index in [1.54, 1.807) is 6.07 Å². The minimum atomic E-state index is -3.60. The van der Waals surface area contributed by atoms with Gasteiger partial charge in [-0.15, -0.1) is 12.4 Å². The maximum absolute atomic E-state index is 12.4. The summed E-state index contributed by atoms with van der Waals surface area (Å²) in [6.07, 6.45) is 2.51. The lowest BCUT2D eigenvalue weighted by atomic mass is 10.1. The molecular formula is C18H30ClN3O5S. The van der Waals surface area contributed by atoms with E-state index in [4.69, 9.17) is 15.2 Å². The van der Waals surface area contributed by atoms with Crippen LogP contribution in [0.2, 0.25) is 0 Å². The van der Waals surface area contributed by atoms with Gasteiger partial charge in [0.15, 0.2) is 11.5 Å². The van der Waals surface area contributed by atoms with Gasteiger partial charge in [0, 0.05) is 31.1 Å². The number of ether oxygens (including phenoxy) is 2. The minimum absolute atomic E-state index is 0. The summed E-state index contributed by atoms with van der Waals surface area (Å²) in [5, 5.41) is 2.79. The molecule has 10 heteroatoms. The summed E-state index contributed by atoms with van der Waals surface area (Å²) in [7, 11) is -3.60. The van der Waals surface area contributed by atoms with Gasteiger partial charge in [0.1, 0.15) is 13.2 Å². The summed E-state index contributed by atoms with van der Waals surface area (Å²) in [5.74, 6) is 0.956. The van der Waals surface area contributed by atoms with Gasteiger partial charge in [0.25, 0.3) is 0 Å². The summed E-state index contributed by atoms with van der Waals surface area (Å²) in [6, 6.07) is 4.57. The van der Waals surface area contributed by atoms with Crippen LogP contribution in [-0.4, -0.2) is 46.2 Å². The zero-order valence-electron chi connectivity index (χ0n) is 16.3.